The van der Waals surface area contributed by atoms with Crippen molar-refractivity contribution in [2.45, 2.75) is 19.4 Å². The van der Waals surface area contributed by atoms with E-state index in [9.17, 15) is 9.59 Å². The Morgan fingerprint density at radius 2 is 1.68 bits per heavy atom. The second-order valence-corrected chi connectivity index (χ2v) is 4.86. The summed E-state index contributed by atoms with van der Waals surface area (Å²) in [6.45, 7) is 0.733. The Hall–Kier alpha value is -2.69. The van der Waals surface area contributed by atoms with Gasteiger partial charge in [-0.2, -0.15) is 0 Å². The Labute approximate surface area is 129 Å². The van der Waals surface area contributed by atoms with Crippen LogP contribution >= 0.6 is 0 Å². The molecule has 0 unspecified atom stereocenters. The van der Waals surface area contributed by atoms with Crippen LogP contribution in [0.3, 0.4) is 0 Å². The van der Waals surface area contributed by atoms with Crippen LogP contribution in [0.1, 0.15) is 17.7 Å². The number of nitrogens with zero attached hydrogens (tertiary/aromatic N) is 1. The Kier molecular flexibility index (Phi) is 6.11. The van der Waals surface area contributed by atoms with Gasteiger partial charge in [-0.3, -0.25) is 14.6 Å². The molecule has 0 atom stereocenters. The van der Waals surface area contributed by atoms with Crippen LogP contribution < -0.4 is 10.6 Å². The number of hydrogen-bond donors (Lipinski definition) is 2. The second kappa shape index (κ2) is 8.56. The van der Waals surface area contributed by atoms with E-state index in [2.05, 4.69) is 15.6 Å². The molecule has 114 valence electrons. The summed E-state index contributed by atoms with van der Waals surface area (Å²) < 4.78 is 0. The van der Waals surface area contributed by atoms with Gasteiger partial charge in [-0.15, -0.1) is 0 Å². The van der Waals surface area contributed by atoms with Gasteiger partial charge in [-0.25, -0.2) is 0 Å². The summed E-state index contributed by atoms with van der Waals surface area (Å²) in [6.07, 6.45) is 2.27. The Balaban J connectivity index is 1.61. The van der Waals surface area contributed by atoms with Crippen LogP contribution in [0, 0.1) is 0 Å². The van der Waals surface area contributed by atoms with Crippen LogP contribution in [0.2, 0.25) is 0 Å². The molecule has 2 N–H and O–H groups in total. The highest BCUT2D eigenvalue weighted by molar-refractivity contribution is 5.80. The smallest absolute Gasteiger partial charge is 0.224 e. The molecule has 1 heterocycles. The fourth-order valence-corrected chi connectivity index (χ4v) is 1.94. The monoisotopic (exact) mass is 297 g/mol. The van der Waals surface area contributed by atoms with Gasteiger partial charge in [0.2, 0.25) is 11.8 Å². The Bertz CT molecular complexity index is 600. The first-order chi connectivity index (χ1) is 10.7. The van der Waals surface area contributed by atoms with E-state index in [1.807, 2.05) is 48.5 Å². The summed E-state index contributed by atoms with van der Waals surface area (Å²) >= 11 is 0. The van der Waals surface area contributed by atoms with Gasteiger partial charge in [0.1, 0.15) is 0 Å². The molecule has 0 radical (unpaired) electrons. The molecule has 0 aliphatic carbocycles. The van der Waals surface area contributed by atoms with Crippen LogP contribution in [0.15, 0.2) is 54.7 Å². The lowest BCUT2D eigenvalue weighted by Crippen LogP contribution is -2.31. The molecule has 1 aromatic heterocycles. The van der Waals surface area contributed by atoms with Crippen molar-refractivity contribution in [2.24, 2.45) is 0 Å². The third-order valence-electron chi connectivity index (χ3n) is 3.07. The van der Waals surface area contributed by atoms with Crippen molar-refractivity contribution in [2.75, 3.05) is 6.54 Å². The quantitative estimate of drug-likeness (QED) is 0.812. The van der Waals surface area contributed by atoms with Crippen LogP contribution in [0.25, 0.3) is 0 Å². The molecular formula is C17H19N3O2. The van der Waals surface area contributed by atoms with Crippen LogP contribution in [0.5, 0.6) is 0 Å². The van der Waals surface area contributed by atoms with Gasteiger partial charge in [0, 0.05) is 19.2 Å². The first-order valence-electron chi connectivity index (χ1n) is 7.21. The van der Waals surface area contributed by atoms with Crippen molar-refractivity contribution < 1.29 is 9.59 Å². The molecule has 0 saturated carbocycles. The zero-order chi connectivity index (χ0) is 15.6. The summed E-state index contributed by atoms with van der Waals surface area (Å²) in [6, 6.07) is 15.1. The molecule has 22 heavy (non-hydrogen) atoms. The molecule has 2 rings (SSSR count). The van der Waals surface area contributed by atoms with Crippen LogP contribution in [-0.4, -0.2) is 23.3 Å². The van der Waals surface area contributed by atoms with Crippen molar-refractivity contribution in [1.29, 1.82) is 0 Å². The predicted octanol–water partition coefficient (Wildman–Crippen LogP) is 1.45. The van der Waals surface area contributed by atoms with Crippen molar-refractivity contribution >= 4 is 11.8 Å². The lowest BCUT2D eigenvalue weighted by Gasteiger charge is -2.06. The lowest BCUT2D eigenvalue weighted by molar-refractivity contribution is -0.122. The number of amides is 2. The van der Waals surface area contributed by atoms with Gasteiger partial charge in [-0.05, 0) is 17.7 Å². The van der Waals surface area contributed by atoms with E-state index in [1.54, 1.807) is 6.20 Å². The largest absolute Gasteiger partial charge is 0.355 e. The third-order valence-corrected chi connectivity index (χ3v) is 3.07. The Morgan fingerprint density at radius 1 is 0.909 bits per heavy atom. The van der Waals surface area contributed by atoms with Crippen LogP contribution in [0.4, 0.5) is 0 Å². The summed E-state index contributed by atoms with van der Waals surface area (Å²) in [5.41, 5.74) is 1.77. The van der Waals surface area contributed by atoms with Crippen LogP contribution in [-0.2, 0) is 22.6 Å². The molecular weight excluding hydrogens is 278 g/mol. The first-order valence-corrected chi connectivity index (χ1v) is 7.21. The number of aromatic nitrogens is 1. The topological polar surface area (TPSA) is 71.1 Å². The molecule has 0 aliphatic rings. The van der Waals surface area contributed by atoms with Gasteiger partial charge >= 0.3 is 0 Å². The number of rotatable bonds is 7. The fourth-order valence-electron chi connectivity index (χ4n) is 1.94. The Morgan fingerprint density at radius 3 is 2.41 bits per heavy atom. The third kappa shape index (κ3) is 5.75. The number of carbonyl (C=O) groups excluding carboxylic acids is 2. The molecule has 0 bridgehead atoms. The van der Waals surface area contributed by atoms with E-state index in [1.165, 1.54) is 0 Å². The van der Waals surface area contributed by atoms with E-state index in [4.69, 9.17) is 0 Å². The molecule has 0 spiro atoms. The molecule has 2 amide bonds. The summed E-state index contributed by atoms with van der Waals surface area (Å²) in [5.74, 6) is -0.186. The fraction of sp³-hybridized carbons (Fsp3) is 0.235. The highest BCUT2D eigenvalue weighted by Gasteiger charge is 2.05. The second-order valence-electron chi connectivity index (χ2n) is 4.86. The average Bonchev–Trinajstić information content (AvgIpc) is 2.55. The van der Waals surface area contributed by atoms with Crippen molar-refractivity contribution in [3.63, 3.8) is 0 Å². The summed E-state index contributed by atoms with van der Waals surface area (Å²) in [7, 11) is 0. The van der Waals surface area contributed by atoms with Gasteiger partial charge in [-0.1, -0.05) is 36.4 Å². The predicted molar refractivity (Wildman–Crippen MR) is 83.9 cm³/mol. The zero-order valence-corrected chi connectivity index (χ0v) is 12.3. The van der Waals surface area contributed by atoms with Crippen molar-refractivity contribution in [1.82, 2.24) is 15.6 Å². The molecule has 2 aromatic rings. The normalized spacial score (nSPS) is 10.0. The lowest BCUT2D eigenvalue weighted by atomic mass is 10.1. The number of nitrogens with one attached hydrogen (secondary N) is 2. The minimum Gasteiger partial charge on any atom is -0.355 e. The van der Waals surface area contributed by atoms with Gasteiger partial charge in [0.05, 0.1) is 18.7 Å². The highest BCUT2D eigenvalue weighted by atomic mass is 16.2. The highest BCUT2D eigenvalue weighted by Crippen LogP contribution is 1.99. The van der Waals surface area contributed by atoms with Gasteiger partial charge in [0.25, 0.3) is 0 Å². The van der Waals surface area contributed by atoms with E-state index in [0.717, 1.165) is 11.3 Å². The number of hydrogen-bond acceptors (Lipinski definition) is 3. The number of benzene rings is 1. The zero-order valence-electron chi connectivity index (χ0n) is 12.3. The van der Waals surface area contributed by atoms with E-state index >= 15 is 0 Å². The number of pyridine rings is 1. The maximum absolute atomic E-state index is 11.7. The summed E-state index contributed by atoms with van der Waals surface area (Å²) in [4.78, 5) is 27.5. The summed E-state index contributed by atoms with van der Waals surface area (Å²) in [5, 5.41) is 5.51. The molecule has 0 saturated heterocycles. The van der Waals surface area contributed by atoms with E-state index in [-0.39, 0.29) is 18.2 Å². The maximum Gasteiger partial charge on any atom is 0.224 e. The van der Waals surface area contributed by atoms with E-state index < -0.39 is 0 Å². The first kappa shape index (κ1) is 15.7. The molecule has 5 nitrogen and oxygen atoms in total. The van der Waals surface area contributed by atoms with E-state index in [0.29, 0.717) is 19.5 Å². The van der Waals surface area contributed by atoms with Crippen molar-refractivity contribution in [3.8, 4) is 0 Å². The number of carbonyl (C=O) groups is 2. The average molecular weight is 297 g/mol. The van der Waals surface area contributed by atoms with Crippen molar-refractivity contribution in [3.05, 3.63) is 66.0 Å². The molecule has 5 heteroatoms. The molecule has 1 aromatic carbocycles. The molecule has 0 aliphatic heterocycles. The van der Waals surface area contributed by atoms with Gasteiger partial charge in [0.15, 0.2) is 0 Å². The minimum absolute atomic E-state index is 0.0799. The SMILES string of the molecule is O=C(CCNC(=O)Cc1ccccc1)NCc1ccccn1. The van der Waals surface area contributed by atoms with Gasteiger partial charge < -0.3 is 10.6 Å². The standard InChI is InChI=1S/C17H19N3O2/c21-16(20-13-15-8-4-5-10-18-15)9-11-19-17(22)12-14-6-2-1-3-7-14/h1-8,10H,9,11-13H2,(H,19,22)(H,20,21). The minimum atomic E-state index is -0.106. The molecule has 0 fully saturated rings. The maximum atomic E-state index is 11.7.